The van der Waals surface area contributed by atoms with E-state index in [1.54, 1.807) is 42.5 Å². The molecule has 1 aliphatic carbocycles. The summed E-state index contributed by atoms with van der Waals surface area (Å²) in [5, 5.41) is 18.7. The molecular formula is C40H34N4O3S2. The first-order valence-electron chi connectivity index (χ1n) is 16.0. The lowest BCUT2D eigenvalue weighted by atomic mass is 9.96. The number of aryl methyl sites for hydroxylation is 2. The maximum atomic E-state index is 13.9. The average molecular weight is 683 g/mol. The highest BCUT2D eigenvalue weighted by Gasteiger charge is 2.27. The maximum absolute atomic E-state index is 13.9. The van der Waals surface area contributed by atoms with Crippen LogP contribution in [0.25, 0.3) is 6.08 Å². The molecular weight excluding hydrogens is 649 g/mol. The average Bonchev–Trinajstić information content (AvgIpc) is 3.48. The normalized spacial score (nSPS) is 13.0. The number of hydrogen-bond acceptors (Lipinski definition) is 6. The Morgan fingerprint density at radius 2 is 1.57 bits per heavy atom. The second-order valence-corrected chi connectivity index (χ2v) is 14.0. The van der Waals surface area contributed by atoms with E-state index in [-0.39, 0.29) is 11.6 Å². The quantitative estimate of drug-likeness (QED) is 0.101. The second kappa shape index (κ2) is 15.6. The Morgan fingerprint density at radius 1 is 0.857 bits per heavy atom. The van der Waals surface area contributed by atoms with Crippen molar-refractivity contribution in [2.45, 2.75) is 42.8 Å². The van der Waals surface area contributed by atoms with Gasteiger partial charge in [-0.25, -0.2) is 0 Å². The van der Waals surface area contributed by atoms with E-state index >= 15 is 0 Å². The number of benzene rings is 4. The van der Waals surface area contributed by atoms with Crippen LogP contribution >= 0.6 is 23.1 Å². The van der Waals surface area contributed by atoms with E-state index in [1.165, 1.54) is 28.0 Å². The number of nitrogens with zero attached hydrogens (tertiary/aromatic N) is 1. The van der Waals surface area contributed by atoms with Gasteiger partial charge < -0.3 is 16.0 Å². The summed E-state index contributed by atoms with van der Waals surface area (Å²) in [4.78, 5) is 42.6. The van der Waals surface area contributed by atoms with Gasteiger partial charge in [-0.05, 0) is 85.7 Å². The molecule has 3 amide bonds. The molecule has 0 fully saturated rings. The van der Waals surface area contributed by atoms with Gasteiger partial charge in [0.1, 0.15) is 22.0 Å². The summed E-state index contributed by atoms with van der Waals surface area (Å²) in [5.41, 5.74) is 5.31. The standard InChI is InChI=1S/C40H34N4O3S2/c1-26-19-21-27(22-20-26)23-34(43-37(45)29-13-6-3-7-14-29)38(46)42-30-15-10-16-31(24-30)48-36(28-11-4-2-5-12-28)39(47)44-40-33(25-41)32-17-8-9-18-35(32)49-40/h2-7,10-16,19-24,36H,8-9,17-18H2,1H3,(H,42,46)(H,43,45)(H,44,47)/b34-23+. The van der Waals surface area contributed by atoms with Gasteiger partial charge in [0.2, 0.25) is 5.91 Å². The molecule has 4 aromatic carbocycles. The van der Waals surface area contributed by atoms with E-state index in [0.717, 1.165) is 52.8 Å². The fourth-order valence-corrected chi connectivity index (χ4v) is 7.93. The van der Waals surface area contributed by atoms with Gasteiger partial charge in [0, 0.05) is 21.0 Å². The number of fused-ring (bicyclic) bond motifs is 1. The SMILES string of the molecule is Cc1ccc(/C=C(/NC(=O)c2ccccc2)C(=O)Nc2cccc(SC(C(=O)Nc3sc4c(c3C#N)CCCC4)c3ccccc3)c2)cc1. The van der Waals surface area contributed by atoms with Crippen LogP contribution in [0.2, 0.25) is 0 Å². The minimum Gasteiger partial charge on any atom is -0.321 e. The first-order valence-corrected chi connectivity index (χ1v) is 17.7. The molecule has 3 N–H and O–H groups in total. The molecule has 9 heteroatoms. The van der Waals surface area contributed by atoms with Crippen LogP contribution in [0.15, 0.2) is 120 Å². The molecule has 1 aliphatic rings. The van der Waals surface area contributed by atoms with E-state index in [4.69, 9.17) is 0 Å². The molecule has 0 aliphatic heterocycles. The summed E-state index contributed by atoms with van der Waals surface area (Å²) < 4.78 is 0. The number of amides is 3. The molecule has 49 heavy (non-hydrogen) atoms. The molecule has 1 aromatic heterocycles. The fraction of sp³-hybridized carbons (Fsp3) is 0.150. The molecule has 0 saturated carbocycles. The summed E-state index contributed by atoms with van der Waals surface area (Å²) in [7, 11) is 0. The monoisotopic (exact) mass is 682 g/mol. The number of nitrogens with one attached hydrogen (secondary N) is 3. The number of anilines is 2. The molecule has 0 radical (unpaired) electrons. The van der Waals surface area contributed by atoms with Crippen LogP contribution in [-0.4, -0.2) is 17.7 Å². The summed E-state index contributed by atoms with van der Waals surface area (Å²) in [6.07, 6.45) is 5.56. The van der Waals surface area contributed by atoms with Gasteiger partial charge in [-0.2, -0.15) is 5.26 Å². The van der Waals surface area contributed by atoms with Gasteiger partial charge >= 0.3 is 0 Å². The van der Waals surface area contributed by atoms with Crippen LogP contribution in [-0.2, 0) is 22.4 Å². The number of nitriles is 1. The van der Waals surface area contributed by atoms with Crippen molar-refractivity contribution < 1.29 is 14.4 Å². The van der Waals surface area contributed by atoms with E-state index in [2.05, 4.69) is 22.0 Å². The van der Waals surface area contributed by atoms with Crippen molar-refractivity contribution in [1.82, 2.24) is 5.32 Å². The number of carbonyl (C=O) groups is 3. The Kier molecular flexibility index (Phi) is 10.7. The van der Waals surface area contributed by atoms with E-state index in [1.807, 2.05) is 79.7 Å². The van der Waals surface area contributed by atoms with Crippen molar-refractivity contribution in [3.05, 3.63) is 153 Å². The number of hydrogen-bond donors (Lipinski definition) is 3. The summed E-state index contributed by atoms with van der Waals surface area (Å²) >= 11 is 2.86. The molecule has 0 spiro atoms. The van der Waals surface area contributed by atoms with Crippen LogP contribution in [0.3, 0.4) is 0 Å². The first kappa shape index (κ1) is 33.5. The lowest BCUT2D eigenvalue weighted by Crippen LogP contribution is -2.30. The Labute approximate surface area is 294 Å². The molecule has 7 nitrogen and oxygen atoms in total. The van der Waals surface area contributed by atoms with Gasteiger partial charge in [-0.1, -0.05) is 84.4 Å². The molecule has 0 bridgehead atoms. The van der Waals surface area contributed by atoms with E-state index in [9.17, 15) is 19.6 Å². The minimum atomic E-state index is -0.625. The zero-order valence-electron chi connectivity index (χ0n) is 26.9. The third-order valence-electron chi connectivity index (χ3n) is 8.12. The Hall–Kier alpha value is -5.43. The van der Waals surface area contributed by atoms with Crippen molar-refractivity contribution in [3.8, 4) is 6.07 Å². The predicted octanol–water partition coefficient (Wildman–Crippen LogP) is 8.69. The van der Waals surface area contributed by atoms with Crippen molar-refractivity contribution >= 4 is 57.6 Å². The third kappa shape index (κ3) is 8.36. The Balaban J connectivity index is 1.23. The second-order valence-electron chi connectivity index (χ2n) is 11.7. The number of carbonyl (C=O) groups excluding carboxylic acids is 3. The molecule has 1 unspecified atom stereocenters. The molecule has 0 saturated heterocycles. The van der Waals surface area contributed by atoms with Crippen molar-refractivity contribution in [2.24, 2.45) is 0 Å². The van der Waals surface area contributed by atoms with E-state index < -0.39 is 17.1 Å². The van der Waals surface area contributed by atoms with Crippen molar-refractivity contribution in [1.29, 1.82) is 5.26 Å². The Bertz CT molecular complexity index is 2050. The van der Waals surface area contributed by atoms with Crippen LogP contribution < -0.4 is 16.0 Å². The lowest BCUT2D eigenvalue weighted by Gasteiger charge is -2.17. The van der Waals surface area contributed by atoms with Crippen LogP contribution in [0.1, 0.15) is 61.1 Å². The number of thioether (sulfide) groups is 1. The molecule has 5 aromatic rings. The fourth-order valence-electron chi connectivity index (χ4n) is 5.60. The van der Waals surface area contributed by atoms with E-state index in [0.29, 0.717) is 21.8 Å². The van der Waals surface area contributed by atoms with Gasteiger partial charge in [0.05, 0.1) is 5.56 Å². The number of thiophene rings is 1. The Morgan fingerprint density at radius 3 is 2.31 bits per heavy atom. The predicted molar refractivity (Wildman–Crippen MR) is 197 cm³/mol. The largest absolute Gasteiger partial charge is 0.321 e. The minimum absolute atomic E-state index is 0.0873. The highest BCUT2D eigenvalue weighted by Crippen LogP contribution is 2.41. The van der Waals surface area contributed by atoms with Crippen molar-refractivity contribution in [2.75, 3.05) is 10.6 Å². The van der Waals surface area contributed by atoms with Gasteiger partial charge in [0.15, 0.2) is 0 Å². The van der Waals surface area contributed by atoms with Gasteiger partial charge in [-0.15, -0.1) is 23.1 Å². The van der Waals surface area contributed by atoms with Gasteiger partial charge in [0.25, 0.3) is 11.8 Å². The summed E-state index contributed by atoms with van der Waals surface area (Å²) in [6, 6.07) is 35.5. The molecule has 1 atom stereocenters. The van der Waals surface area contributed by atoms with Crippen LogP contribution in [0.5, 0.6) is 0 Å². The summed E-state index contributed by atoms with van der Waals surface area (Å²) in [6.45, 7) is 1.98. The molecule has 244 valence electrons. The summed E-state index contributed by atoms with van der Waals surface area (Å²) in [5.74, 6) is -1.12. The van der Waals surface area contributed by atoms with Crippen molar-refractivity contribution in [3.63, 3.8) is 0 Å². The first-order chi connectivity index (χ1) is 23.9. The van der Waals surface area contributed by atoms with Crippen LogP contribution in [0, 0.1) is 18.3 Å². The smallest absolute Gasteiger partial charge is 0.272 e. The highest BCUT2D eigenvalue weighted by atomic mass is 32.2. The highest BCUT2D eigenvalue weighted by molar-refractivity contribution is 8.00. The molecule has 1 heterocycles. The number of rotatable bonds is 10. The lowest BCUT2D eigenvalue weighted by molar-refractivity contribution is -0.116. The topological polar surface area (TPSA) is 111 Å². The third-order valence-corrected chi connectivity index (χ3v) is 10.6. The maximum Gasteiger partial charge on any atom is 0.272 e. The zero-order chi connectivity index (χ0) is 34.2. The molecule has 6 rings (SSSR count). The zero-order valence-corrected chi connectivity index (χ0v) is 28.5. The van der Waals surface area contributed by atoms with Gasteiger partial charge in [-0.3, -0.25) is 14.4 Å². The van der Waals surface area contributed by atoms with Crippen LogP contribution in [0.4, 0.5) is 10.7 Å².